The molecule has 2 aromatic carbocycles. The van der Waals surface area contributed by atoms with E-state index in [0.717, 1.165) is 24.0 Å². The van der Waals surface area contributed by atoms with Crippen molar-refractivity contribution in [3.05, 3.63) is 59.7 Å². The van der Waals surface area contributed by atoms with E-state index in [1.807, 2.05) is 0 Å². The van der Waals surface area contributed by atoms with Gasteiger partial charge in [-0.05, 0) is 49.4 Å². The van der Waals surface area contributed by atoms with Crippen LogP contribution in [0.5, 0.6) is 0 Å². The Labute approximate surface area is 153 Å². The molecule has 2 rings (SSSR count). The van der Waals surface area contributed by atoms with Crippen molar-refractivity contribution >= 4 is 29.0 Å². The van der Waals surface area contributed by atoms with Crippen molar-refractivity contribution in [1.82, 2.24) is 0 Å². The molecule has 8 heteroatoms. The number of halogens is 3. The van der Waals surface area contributed by atoms with Crippen LogP contribution in [0.1, 0.15) is 29.8 Å². The van der Waals surface area contributed by atoms with E-state index in [9.17, 15) is 27.6 Å². The highest BCUT2D eigenvalue weighted by Crippen LogP contribution is 2.31. The molecule has 0 aromatic heterocycles. The molecule has 0 atom stereocenters. The van der Waals surface area contributed by atoms with Gasteiger partial charge in [0, 0.05) is 23.9 Å². The zero-order chi connectivity index (χ0) is 20.2. The van der Waals surface area contributed by atoms with E-state index in [2.05, 4.69) is 5.32 Å². The molecular formula is C19H17F3N2O3. The van der Waals surface area contributed by atoms with Gasteiger partial charge in [-0.25, -0.2) is 0 Å². The zero-order valence-corrected chi connectivity index (χ0v) is 14.6. The number of benzene rings is 2. The van der Waals surface area contributed by atoms with Gasteiger partial charge in [-0.3, -0.25) is 14.4 Å². The van der Waals surface area contributed by atoms with Gasteiger partial charge in [-0.2, -0.15) is 13.2 Å². The molecule has 0 aliphatic rings. The van der Waals surface area contributed by atoms with Gasteiger partial charge in [0.15, 0.2) is 5.78 Å². The summed E-state index contributed by atoms with van der Waals surface area (Å²) >= 11 is 0. The van der Waals surface area contributed by atoms with E-state index in [-0.39, 0.29) is 11.5 Å². The van der Waals surface area contributed by atoms with E-state index in [1.165, 1.54) is 43.3 Å². The van der Waals surface area contributed by atoms with Gasteiger partial charge in [0.05, 0.1) is 5.56 Å². The molecule has 142 valence electrons. The van der Waals surface area contributed by atoms with Gasteiger partial charge in [0.1, 0.15) is 6.54 Å². The van der Waals surface area contributed by atoms with Gasteiger partial charge < -0.3 is 10.2 Å². The maximum absolute atomic E-state index is 12.9. The smallest absolute Gasteiger partial charge is 0.325 e. The normalized spacial score (nSPS) is 11.0. The number of carbonyl (C=O) groups is 3. The number of hydrogen-bond acceptors (Lipinski definition) is 3. The minimum atomic E-state index is -4.56. The fraction of sp³-hybridized carbons (Fsp3) is 0.211. The molecule has 0 saturated heterocycles. The van der Waals surface area contributed by atoms with Crippen molar-refractivity contribution in [2.75, 3.05) is 16.8 Å². The number of carbonyl (C=O) groups excluding carboxylic acids is 3. The molecule has 0 unspecified atom stereocenters. The first-order chi connectivity index (χ1) is 12.6. The molecule has 0 saturated carbocycles. The lowest BCUT2D eigenvalue weighted by atomic mass is 10.1. The highest BCUT2D eigenvalue weighted by molar-refractivity contribution is 6.02. The number of anilines is 2. The fourth-order valence-corrected chi connectivity index (χ4v) is 2.37. The number of rotatable bonds is 5. The Bertz CT molecular complexity index is 861. The molecule has 2 aromatic rings. The zero-order valence-electron chi connectivity index (χ0n) is 14.6. The van der Waals surface area contributed by atoms with E-state index in [1.54, 1.807) is 0 Å². The van der Waals surface area contributed by atoms with Crippen molar-refractivity contribution < 1.29 is 27.6 Å². The van der Waals surface area contributed by atoms with Crippen molar-refractivity contribution in [1.29, 1.82) is 0 Å². The first-order valence-electron chi connectivity index (χ1n) is 7.94. The third-order valence-corrected chi connectivity index (χ3v) is 3.74. The number of hydrogen-bond donors (Lipinski definition) is 1. The van der Waals surface area contributed by atoms with Crippen LogP contribution in [0, 0.1) is 0 Å². The van der Waals surface area contributed by atoms with Crippen LogP contribution in [0.15, 0.2) is 48.5 Å². The summed E-state index contributed by atoms with van der Waals surface area (Å²) in [4.78, 5) is 36.2. The highest BCUT2D eigenvalue weighted by atomic mass is 19.4. The second kappa shape index (κ2) is 8.03. The molecule has 0 fully saturated rings. The summed E-state index contributed by atoms with van der Waals surface area (Å²) < 4.78 is 38.6. The maximum Gasteiger partial charge on any atom is 0.416 e. The molecule has 1 N–H and O–H groups in total. The van der Waals surface area contributed by atoms with Gasteiger partial charge in [0.2, 0.25) is 11.8 Å². The van der Waals surface area contributed by atoms with Crippen molar-refractivity contribution in [3.63, 3.8) is 0 Å². The summed E-state index contributed by atoms with van der Waals surface area (Å²) in [6.07, 6.45) is -4.56. The van der Waals surface area contributed by atoms with Crippen LogP contribution in [0.25, 0.3) is 0 Å². The standard InChI is InChI=1S/C19H17F3N2O3/c1-12(25)14-6-8-16(9-7-14)23-18(27)11-24(13(2)26)17-5-3-4-15(10-17)19(20,21)22/h3-10H,11H2,1-2H3,(H,23,27). The quantitative estimate of drug-likeness (QED) is 0.803. The largest absolute Gasteiger partial charge is 0.416 e. The molecule has 5 nitrogen and oxygen atoms in total. The Balaban J connectivity index is 2.15. The van der Waals surface area contributed by atoms with Crippen molar-refractivity contribution in [2.45, 2.75) is 20.0 Å². The van der Waals surface area contributed by atoms with Crippen LogP contribution in [0.3, 0.4) is 0 Å². The van der Waals surface area contributed by atoms with Crippen molar-refractivity contribution in [2.24, 2.45) is 0 Å². The van der Waals surface area contributed by atoms with Crippen molar-refractivity contribution in [3.8, 4) is 0 Å². The lowest BCUT2D eigenvalue weighted by Crippen LogP contribution is -2.36. The number of Topliss-reactive ketones (excluding diaryl/α,β-unsaturated/α-hetero) is 1. The Morgan fingerprint density at radius 2 is 1.63 bits per heavy atom. The monoisotopic (exact) mass is 378 g/mol. The molecule has 0 aliphatic carbocycles. The van der Waals surface area contributed by atoms with Gasteiger partial charge in [-0.15, -0.1) is 0 Å². The molecule has 0 bridgehead atoms. The van der Waals surface area contributed by atoms with Gasteiger partial charge in [0.25, 0.3) is 0 Å². The van der Waals surface area contributed by atoms with Crippen LogP contribution < -0.4 is 10.2 Å². The summed E-state index contributed by atoms with van der Waals surface area (Å²) in [5.41, 5.74) is -0.0641. The van der Waals surface area contributed by atoms with Crippen LogP contribution in [-0.2, 0) is 15.8 Å². The summed E-state index contributed by atoms with van der Waals surface area (Å²) in [5, 5.41) is 2.54. The fourth-order valence-electron chi connectivity index (χ4n) is 2.37. The molecule has 0 heterocycles. The maximum atomic E-state index is 12.9. The number of nitrogens with one attached hydrogen (secondary N) is 1. The summed E-state index contributed by atoms with van der Waals surface area (Å²) in [6.45, 7) is 2.12. The van der Waals surface area contributed by atoms with E-state index in [0.29, 0.717) is 11.3 Å². The summed E-state index contributed by atoms with van der Waals surface area (Å²) in [5.74, 6) is -1.28. The Morgan fingerprint density at radius 3 is 2.15 bits per heavy atom. The average molecular weight is 378 g/mol. The molecule has 0 spiro atoms. The number of alkyl halides is 3. The Kier molecular flexibility index (Phi) is 5.99. The second-order valence-electron chi connectivity index (χ2n) is 5.83. The average Bonchev–Trinajstić information content (AvgIpc) is 2.59. The third kappa shape index (κ3) is 5.40. The molecule has 2 amide bonds. The Morgan fingerprint density at radius 1 is 1.00 bits per heavy atom. The van der Waals surface area contributed by atoms with Gasteiger partial charge in [-0.1, -0.05) is 6.07 Å². The van der Waals surface area contributed by atoms with E-state index in [4.69, 9.17) is 0 Å². The lowest BCUT2D eigenvalue weighted by molar-refractivity contribution is -0.137. The van der Waals surface area contributed by atoms with E-state index >= 15 is 0 Å². The minimum Gasteiger partial charge on any atom is -0.325 e. The predicted octanol–water partition coefficient (Wildman–Crippen LogP) is 3.90. The first-order valence-corrected chi connectivity index (χ1v) is 7.94. The number of nitrogens with zero attached hydrogens (tertiary/aromatic N) is 1. The van der Waals surface area contributed by atoms with Crippen LogP contribution >= 0.6 is 0 Å². The Hall–Kier alpha value is -3.16. The SMILES string of the molecule is CC(=O)c1ccc(NC(=O)CN(C(C)=O)c2cccc(C(F)(F)F)c2)cc1. The van der Waals surface area contributed by atoms with Crippen LogP contribution in [-0.4, -0.2) is 24.1 Å². The van der Waals surface area contributed by atoms with Crippen LogP contribution in [0.2, 0.25) is 0 Å². The lowest BCUT2D eigenvalue weighted by Gasteiger charge is -2.21. The van der Waals surface area contributed by atoms with Gasteiger partial charge >= 0.3 is 6.18 Å². The first kappa shape index (κ1) is 20.2. The molecule has 0 radical (unpaired) electrons. The third-order valence-electron chi connectivity index (χ3n) is 3.74. The second-order valence-corrected chi connectivity index (χ2v) is 5.83. The predicted molar refractivity (Wildman–Crippen MR) is 94.5 cm³/mol. The molecule has 27 heavy (non-hydrogen) atoms. The molecular weight excluding hydrogens is 361 g/mol. The summed E-state index contributed by atoms with van der Waals surface area (Å²) in [6, 6.07) is 10.3. The number of ketones is 1. The highest BCUT2D eigenvalue weighted by Gasteiger charge is 2.31. The molecule has 0 aliphatic heterocycles. The summed E-state index contributed by atoms with van der Waals surface area (Å²) in [7, 11) is 0. The van der Waals surface area contributed by atoms with E-state index < -0.39 is 30.1 Å². The van der Waals surface area contributed by atoms with Crippen LogP contribution in [0.4, 0.5) is 24.5 Å². The minimum absolute atomic E-state index is 0.0283. The topological polar surface area (TPSA) is 66.5 Å². The number of amides is 2.